The zero-order valence-corrected chi connectivity index (χ0v) is 68.8. The number of nitrogens with one attached hydrogen (secondary N) is 12. The van der Waals surface area contributed by atoms with Crippen molar-refractivity contribution in [1.82, 2.24) is 75.9 Å². The van der Waals surface area contributed by atoms with Gasteiger partial charge in [-0.05, 0) is 173 Å². The lowest BCUT2D eigenvalue weighted by Gasteiger charge is -2.34. The summed E-state index contributed by atoms with van der Waals surface area (Å²) in [5.41, 5.74) is 7.90. The summed E-state index contributed by atoms with van der Waals surface area (Å²) in [4.78, 5) is 126. The van der Waals surface area contributed by atoms with Crippen LogP contribution in [0.15, 0.2) is 190 Å². The SMILES string of the molecule is C=CC(=O)Nc1ccc(C(=O)Nc2n[nH]c3c2CN(C(=O)N[C@H](CN(C)C)c2ccccc2)C3(C)C)c(OC)c1.C=CC(=O)Nc1ccc(C(=O)Nc2n[nH]c3c2CN(C(=O)N[C@H](CN(C)C)c2ccccc2)C3(C)C)cc1.C=CC(=O)Nc1ccc(C(=O)Nc2n[nH]c3c2CN(C(=O)N[C@H](CN(C)C)c2ccccc2)C3(C)C)cc1OC. The van der Waals surface area contributed by atoms with E-state index in [0.29, 0.717) is 71.0 Å². The summed E-state index contributed by atoms with van der Waals surface area (Å²) in [6.45, 7) is 24.7. The Labute approximate surface area is 685 Å². The number of anilines is 6. The predicted molar refractivity (Wildman–Crippen MR) is 453 cm³/mol. The fraction of sp³-hybridized carbons (Fsp3) is 0.302. The number of hydrogen-bond acceptors (Lipinski definition) is 17. The Morgan fingerprint density at radius 2 is 0.746 bits per heavy atom. The van der Waals surface area contributed by atoms with E-state index >= 15 is 0 Å². The Balaban J connectivity index is 0.000000186. The number of carbonyl (C=O) groups excluding carboxylic acids is 9. The Morgan fingerprint density at radius 3 is 1.10 bits per heavy atom. The summed E-state index contributed by atoms with van der Waals surface area (Å²) in [5, 5.41) is 48.0. The van der Waals surface area contributed by atoms with Crippen LogP contribution >= 0.6 is 0 Å². The Kier molecular flexibility index (Phi) is 27.7. The quantitative estimate of drug-likeness (QED) is 0.0224. The first-order valence-corrected chi connectivity index (χ1v) is 38.0. The van der Waals surface area contributed by atoms with E-state index in [9.17, 15) is 43.2 Å². The van der Waals surface area contributed by atoms with Gasteiger partial charge in [0.2, 0.25) is 17.7 Å². The molecule has 32 heteroatoms. The molecule has 3 aromatic heterocycles. The number of benzene rings is 6. The fourth-order valence-corrected chi connectivity index (χ4v) is 14.1. The summed E-state index contributed by atoms with van der Waals surface area (Å²) in [7, 11) is 14.7. The van der Waals surface area contributed by atoms with Crippen molar-refractivity contribution in [1.29, 1.82) is 0 Å². The third-order valence-electron chi connectivity index (χ3n) is 20.4. The second kappa shape index (κ2) is 37.7. The van der Waals surface area contributed by atoms with Gasteiger partial charge in [-0.2, -0.15) is 15.3 Å². The van der Waals surface area contributed by atoms with Crippen LogP contribution in [0.4, 0.5) is 48.9 Å². The first-order valence-electron chi connectivity index (χ1n) is 38.0. The number of methoxy groups -OCH3 is 2. The van der Waals surface area contributed by atoms with Crippen molar-refractivity contribution in [3.8, 4) is 11.5 Å². The molecule has 32 nitrogen and oxygen atoms in total. The minimum Gasteiger partial charge on any atom is -0.496 e. The van der Waals surface area contributed by atoms with Crippen LogP contribution in [0.1, 0.15) is 141 Å². The average Bonchev–Trinajstić information content (AvgIpc) is 1.60. The number of carbonyl (C=O) groups is 9. The third kappa shape index (κ3) is 20.3. The van der Waals surface area contributed by atoms with Gasteiger partial charge in [-0.3, -0.25) is 44.1 Å². The molecule has 0 spiro atoms. The normalized spacial score (nSPS) is 14.4. The number of rotatable bonds is 26. The van der Waals surface area contributed by atoms with Crippen molar-refractivity contribution in [3.63, 3.8) is 0 Å². The molecule has 0 aliphatic carbocycles. The number of nitrogens with zero attached hydrogens (tertiary/aromatic N) is 9. The van der Waals surface area contributed by atoms with Crippen LogP contribution in [0, 0.1) is 0 Å². The molecule has 6 aromatic carbocycles. The lowest BCUT2D eigenvalue weighted by molar-refractivity contribution is -0.112. The maximum absolute atomic E-state index is 13.6. The van der Waals surface area contributed by atoms with E-state index in [2.05, 4.69) is 98.2 Å². The molecule has 12 N–H and O–H groups in total. The summed E-state index contributed by atoms with van der Waals surface area (Å²) in [5.74, 6) is -0.639. The molecule has 0 radical (unpaired) electrons. The van der Waals surface area contributed by atoms with Gasteiger partial charge < -0.3 is 86.7 Å². The van der Waals surface area contributed by atoms with Crippen LogP contribution in [0.5, 0.6) is 11.5 Å². The number of fused-ring (bicyclic) bond motifs is 3. The van der Waals surface area contributed by atoms with Crippen molar-refractivity contribution >= 4 is 88.1 Å². The first-order chi connectivity index (χ1) is 56.2. The molecule has 618 valence electrons. The second-order valence-corrected chi connectivity index (χ2v) is 30.6. The molecule has 0 bridgehead atoms. The predicted octanol–water partition coefficient (Wildman–Crippen LogP) is 11.6. The molecule has 0 saturated heterocycles. The smallest absolute Gasteiger partial charge is 0.319 e. The van der Waals surface area contributed by atoms with E-state index < -0.39 is 34.3 Å². The highest BCUT2D eigenvalue weighted by atomic mass is 16.5. The van der Waals surface area contributed by atoms with E-state index in [1.807, 2.05) is 190 Å². The number of urea groups is 3. The van der Waals surface area contributed by atoms with Gasteiger partial charge >= 0.3 is 18.1 Å². The fourth-order valence-electron chi connectivity index (χ4n) is 14.1. The van der Waals surface area contributed by atoms with Crippen LogP contribution in [0.25, 0.3) is 0 Å². The third-order valence-corrected chi connectivity index (χ3v) is 20.4. The molecule has 12 amide bonds. The molecule has 3 aliphatic heterocycles. The molecule has 118 heavy (non-hydrogen) atoms. The summed E-state index contributed by atoms with van der Waals surface area (Å²) < 4.78 is 10.7. The van der Waals surface area contributed by atoms with Gasteiger partial charge in [-0.25, -0.2) is 14.4 Å². The highest BCUT2D eigenvalue weighted by molar-refractivity contribution is 6.08. The number of aromatic amines is 3. The number of ether oxygens (including phenoxy) is 2. The van der Waals surface area contributed by atoms with E-state index in [4.69, 9.17) is 9.47 Å². The number of hydrogen-bond donors (Lipinski definition) is 12. The molecule has 0 unspecified atom stereocenters. The molecule has 6 heterocycles. The number of likely N-dealkylation sites (N-methyl/N-ethyl adjacent to an activating group) is 3. The highest BCUT2D eigenvalue weighted by Gasteiger charge is 2.48. The molecule has 0 saturated carbocycles. The van der Waals surface area contributed by atoms with Crippen LogP contribution in [-0.4, -0.2) is 190 Å². The van der Waals surface area contributed by atoms with Crippen LogP contribution < -0.4 is 57.3 Å². The topological polar surface area (TPSA) is 386 Å². The number of aromatic nitrogens is 6. The minimum atomic E-state index is -0.697. The maximum atomic E-state index is 13.6. The Hall–Kier alpha value is -13.7. The van der Waals surface area contributed by atoms with Gasteiger partial charge in [0.25, 0.3) is 17.7 Å². The van der Waals surface area contributed by atoms with Crippen molar-refractivity contribution in [3.05, 3.63) is 257 Å². The first kappa shape index (κ1) is 86.7. The molecular weight excluding hydrogens is 1500 g/mol. The second-order valence-electron chi connectivity index (χ2n) is 30.6. The minimum absolute atomic E-state index is 0.190. The molecule has 3 atom stereocenters. The Morgan fingerprint density at radius 1 is 0.415 bits per heavy atom. The largest absolute Gasteiger partial charge is 0.496 e. The zero-order valence-electron chi connectivity index (χ0n) is 68.8. The van der Waals surface area contributed by atoms with Gasteiger partial charge in [0.1, 0.15) is 11.5 Å². The van der Waals surface area contributed by atoms with Crippen molar-refractivity contribution in [2.45, 2.75) is 95.9 Å². The summed E-state index contributed by atoms with van der Waals surface area (Å²) in [6.07, 6.45) is 3.47. The average molecular weight is 1610 g/mol. The van der Waals surface area contributed by atoms with Crippen LogP contribution in [0.2, 0.25) is 0 Å². The standard InChI is InChI=1S/2C29H35N7O4.C28H33N7O3/c1-7-24(37)30-21-14-13-19(15-23(21)40-6)27(38)32-26-20-16-36(29(2,3)25(20)33-34-26)28(39)31-22(17-35(4)5)18-11-9-8-10-12-18;1-7-24(37)30-19-13-14-20(23(15-19)40-6)27(38)32-26-21-16-36(29(2,3)25(21)33-34-26)28(39)31-22(17-35(4)5)18-11-9-8-10-12-18;1-6-23(36)29-20-14-12-19(13-15-20)26(37)31-25-21-16-35(28(2,3)24(21)32-33-25)27(38)30-22(17-34(4)5)18-10-8-7-9-11-18/h2*7-15,22H,1,16-17H2,2-6H3,(H,30,37)(H,31,39)(H2,32,33,34,38);6-15,22H,1,16-17H2,2-5H3,(H,29,36)(H,30,38)(H2,31,32,33,37)/t3*22-/m111/s1. The molecule has 12 rings (SSSR count). The van der Waals surface area contributed by atoms with E-state index in [-0.39, 0.29) is 84.9 Å². The van der Waals surface area contributed by atoms with Crippen molar-refractivity contribution < 1.29 is 52.6 Å². The van der Waals surface area contributed by atoms with Crippen molar-refractivity contribution in [2.24, 2.45) is 0 Å². The molecular formula is C86H103N21O11. The van der Waals surface area contributed by atoms with Crippen molar-refractivity contribution in [2.75, 3.05) is 108 Å². The van der Waals surface area contributed by atoms with Gasteiger partial charge in [0.05, 0.1) is 96.9 Å². The molecule has 0 fully saturated rings. The number of H-pyrrole nitrogens is 3. The van der Waals surface area contributed by atoms with E-state index in [1.165, 1.54) is 26.4 Å². The summed E-state index contributed by atoms with van der Waals surface area (Å²) >= 11 is 0. The monoisotopic (exact) mass is 1610 g/mol. The van der Waals surface area contributed by atoms with Gasteiger partial charge in [-0.15, -0.1) is 0 Å². The van der Waals surface area contributed by atoms with E-state index in [0.717, 1.165) is 62.6 Å². The van der Waals surface area contributed by atoms with Crippen LogP contribution in [-0.2, 0) is 50.6 Å². The Bertz CT molecular complexity index is 5170. The lowest BCUT2D eigenvalue weighted by atomic mass is 10.0. The summed E-state index contributed by atoms with van der Waals surface area (Å²) in [6, 6.07) is 44.2. The highest BCUT2D eigenvalue weighted by Crippen LogP contribution is 2.44. The molecule has 9 aromatic rings. The van der Waals surface area contributed by atoms with Crippen LogP contribution in [0.3, 0.4) is 0 Å². The maximum Gasteiger partial charge on any atom is 0.319 e. The lowest BCUT2D eigenvalue weighted by Crippen LogP contribution is -2.48. The number of amides is 12. The van der Waals surface area contributed by atoms with Gasteiger partial charge in [0, 0.05) is 64.9 Å². The zero-order chi connectivity index (χ0) is 85.5. The van der Waals surface area contributed by atoms with Gasteiger partial charge in [0.15, 0.2) is 17.5 Å². The van der Waals surface area contributed by atoms with E-state index in [1.54, 1.807) is 69.3 Å². The van der Waals surface area contributed by atoms with Gasteiger partial charge in [-0.1, -0.05) is 111 Å². The molecule has 3 aliphatic rings.